The van der Waals surface area contributed by atoms with Gasteiger partial charge >= 0.3 is 11.9 Å². The van der Waals surface area contributed by atoms with Crippen LogP contribution in [0.25, 0.3) is 0 Å². The van der Waals surface area contributed by atoms with Crippen molar-refractivity contribution in [2.45, 2.75) is 46.0 Å². The first kappa shape index (κ1) is 27.5. The van der Waals surface area contributed by atoms with Gasteiger partial charge in [-0.3, -0.25) is 9.59 Å². The average molecular weight is 463 g/mol. The molecular formula is C25H35ClN2O4. The maximum Gasteiger partial charge on any atom is 0.303 e. The largest absolute Gasteiger partial charge is 0.481 e. The van der Waals surface area contributed by atoms with Crippen LogP contribution in [0.15, 0.2) is 42.5 Å². The molecule has 0 unspecified atom stereocenters. The third-order valence-corrected chi connectivity index (χ3v) is 5.11. The van der Waals surface area contributed by atoms with Crippen molar-refractivity contribution in [2.24, 2.45) is 0 Å². The first-order valence-corrected chi connectivity index (χ1v) is 11.3. The third kappa shape index (κ3) is 9.71. The van der Waals surface area contributed by atoms with Crippen molar-refractivity contribution in [3.05, 3.63) is 58.6 Å². The summed E-state index contributed by atoms with van der Waals surface area (Å²) in [5.41, 5.74) is 5.43. The summed E-state index contributed by atoms with van der Waals surface area (Å²) in [6, 6.07) is 15.1. The fourth-order valence-electron chi connectivity index (χ4n) is 3.17. The Morgan fingerprint density at radius 1 is 0.938 bits per heavy atom. The van der Waals surface area contributed by atoms with Crippen molar-refractivity contribution in [2.75, 3.05) is 32.1 Å². The topological polar surface area (TPSA) is 81.1 Å². The summed E-state index contributed by atoms with van der Waals surface area (Å²) >= 11 is 6.27. The first-order chi connectivity index (χ1) is 15.2. The number of para-hydroxylation sites is 1. The number of anilines is 2. The molecule has 6 nitrogen and oxygen atoms in total. The molecule has 1 aliphatic rings. The fraction of sp³-hybridized carbons (Fsp3) is 0.440. The molecule has 0 saturated heterocycles. The van der Waals surface area contributed by atoms with Crippen LogP contribution in [0.5, 0.6) is 0 Å². The van der Waals surface area contributed by atoms with Crippen molar-refractivity contribution < 1.29 is 19.8 Å². The summed E-state index contributed by atoms with van der Waals surface area (Å²) < 4.78 is 0. The molecule has 2 aromatic rings. The van der Waals surface area contributed by atoms with E-state index >= 15 is 0 Å². The van der Waals surface area contributed by atoms with Gasteiger partial charge in [-0.15, -0.1) is 0 Å². The Kier molecular flexibility index (Phi) is 12.4. The van der Waals surface area contributed by atoms with Crippen molar-refractivity contribution in [3.8, 4) is 0 Å². The Bertz CT molecular complexity index is 857. The van der Waals surface area contributed by atoms with Crippen LogP contribution in [0.1, 0.15) is 44.2 Å². The van der Waals surface area contributed by atoms with Gasteiger partial charge in [-0.25, -0.2) is 0 Å². The lowest BCUT2D eigenvalue weighted by Gasteiger charge is -2.27. The number of fused-ring (bicyclic) bond motifs is 2. The lowest BCUT2D eigenvalue weighted by atomic mass is 10.0. The molecule has 1 heterocycles. The van der Waals surface area contributed by atoms with Crippen LogP contribution in [0.4, 0.5) is 11.4 Å². The average Bonchev–Trinajstić information content (AvgIpc) is 2.91. The zero-order valence-electron chi connectivity index (χ0n) is 19.5. The summed E-state index contributed by atoms with van der Waals surface area (Å²) in [5, 5.41) is 16.3. The second kappa shape index (κ2) is 14.5. The lowest BCUT2D eigenvalue weighted by Crippen LogP contribution is -2.24. The summed E-state index contributed by atoms with van der Waals surface area (Å²) in [6.07, 6.45) is 3.75. The van der Waals surface area contributed by atoms with Gasteiger partial charge in [0.2, 0.25) is 0 Å². The highest BCUT2D eigenvalue weighted by atomic mass is 35.5. The quantitative estimate of drug-likeness (QED) is 0.590. The van der Waals surface area contributed by atoms with E-state index in [-0.39, 0.29) is 12.8 Å². The number of aliphatic carboxylic acids is 2. The predicted octanol–water partition coefficient (Wildman–Crippen LogP) is 5.49. The van der Waals surface area contributed by atoms with Gasteiger partial charge in [-0.1, -0.05) is 49.7 Å². The number of hydrogen-bond donors (Lipinski definition) is 2. The zero-order chi connectivity index (χ0) is 24.1. The van der Waals surface area contributed by atoms with E-state index in [1.165, 1.54) is 22.5 Å². The second-order valence-electron chi connectivity index (χ2n) is 7.70. The van der Waals surface area contributed by atoms with Crippen molar-refractivity contribution in [3.63, 3.8) is 0 Å². The van der Waals surface area contributed by atoms with Crippen molar-refractivity contribution in [1.29, 1.82) is 0 Å². The minimum Gasteiger partial charge on any atom is -0.481 e. The van der Waals surface area contributed by atoms with Crippen LogP contribution in [-0.2, 0) is 22.4 Å². The fourth-order valence-corrected chi connectivity index (χ4v) is 3.34. The Balaban J connectivity index is 0.000000431. The summed E-state index contributed by atoms with van der Waals surface area (Å²) in [5.74, 6) is -1.49. The zero-order valence-corrected chi connectivity index (χ0v) is 20.2. The number of benzene rings is 2. The molecule has 176 valence electrons. The van der Waals surface area contributed by atoms with E-state index in [0.29, 0.717) is 0 Å². The molecule has 2 N–H and O–H groups in total. The molecule has 0 aromatic heterocycles. The van der Waals surface area contributed by atoms with Crippen LogP contribution >= 0.6 is 11.6 Å². The van der Waals surface area contributed by atoms with E-state index in [1.54, 1.807) is 13.8 Å². The summed E-state index contributed by atoms with van der Waals surface area (Å²) in [4.78, 5) is 23.4. The van der Waals surface area contributed by atoms with Gasteiger partial charge in [0.05, 0.1) is 0 Å². The number of rotatable bonds is 6. The smallest absolute Gasteiger partial charge is 0.303 e. The van der Waals surface area contributed by atoms with Gasteiger partial charge < -0.3 is 20.0 Å². The molecule has 0 saturated carbocycles. The molecule has 0 atom stereocenters. The first-order valence-electron chi connectivity index (χ1n) is 10.9. The second-order valence-corrected chi connectivity index (χ2v) is 8.14. The standard InChI is InChI=1S/C19H23ClN2.2C3H6O2/c1-21(2)12-5-13-22-18-7-4-3-6-15(18)8-9-16-10-11-17(20)14-19(16)22;2*1-2-3(4)5/h3-4,6-7,10-11,14H,5,8-9,12-13H2,1-2H3;2*2H2,1H3,(H,4,5). The number of carboxylic acids is 2. The van der Waals surface area contributed by atoms with Crippen LogP contribution in [-0.4, -0.2) is 54.2 Å². The van der Waals surface area contributed by atoms with Gasteiger partial charge in [0, 0.05) is 35.8 Å². The molecule has 2 aromatic carbocycles. The number of carbonyl (C=O) groups is 2. The van der Waals surface area contributed by atoms with Gasteiger partial charge in [-0.05, 0) is 69.2 Å². The minimum absolute atomic E-state index is 0.222. The van der Waals surface area contributed by atoms with E-state index < -0.39 is 11.9 Å². The molecule has 0 radical (unpaired) electrons. The Hall–Kier alpha value is -2.57. The van der Waals surface area contributed by atoms with E-state index in [0.717, 1.165) is 37.4 Å². The van der Waals surface area contributed by atoms with Gasteiger partial charge in [0.1, 0.15) is 0 Å². The van der Waals surface area contributed by atoms with Crippen molar-refractivity contribution in [1.82, 2.24) is 4.90 Å². The number of aryl methyl sites for hydroxylation is 2. The van der Waals surface area contributed by atoms with Crippen LogP contribution < -0.4 is 4.90 Å². The molecule has 3 rings (SSSR count). The predicted molar refractivity (Wildman–Crippen MR) is 131 cm³/mol. The maximum absolute atomic E-state index is 9.37. The SMILES string of the molecule is CCC(=O)O.CCC(=O)O.CN(C)CCCN1c2ccccc2CCc2ccc(Cl)cc21. The highest BCUT2D eigenvalue weighted by molar-refractivity contribution is 6.30. The molecule has 0 fully saturated rings. The normalized spacial score (nSPS) is 11.8. The van der Waals surface area contributed by atoms with Gasteiger partial charge in [0.15, 0.2) is 0 Å². The van der Waals surface area contributed by atoms with Crippen LogP contribution in [0, 0.1) is 0 Å². The molecule has 7 heteroatoms. The highest BCUT2D eigenvalue weighted by Gasteiger charge is 2.20. The van der Waals surface area contributed by atoms with Gasteiger partial charge in [0.25, 0.3) is 0 Å². The number of nitrogens with zero attached hydrogens (tertiary/aromatic N) is 2. The third-order valence-electron chi connectivity index (χ3n) is 4.88. The maximum atomic E-state index is 9.37. The van der Waals surface area contributed by atoms with E-state index in [1.807, 2.05) is 6.07 Å². The Morgan fingerprint density at radius 3 is 2.00 bits per heavy atom. The number of carboxylic acid groups (broad SMARTS) is 2. The monoisotopic (exact) mass is 462 g/mol. The molecule has 1 aliphatic heterocycles. The molecule has 0 amide bonds. The summed E-state index contributed by atoms with van der Waals surface area (Å²) in [7, 11) is 4.25. The van der Waals surface area contributed by atoms with E-state index in [4.69, 9.17) is 21.8 Å². The van der Waals surface area contributed by atoms with Crippen LogP contribution in [0.2, 0.25) is 5.02 Å². The van der Waals surface area contributed by atoms with E-state index in [2.05, 4.69) is 60.3 Å². The molecule has 0 aliphatic carbocycles. The van der Waals surface area contributed by atoms with Crippen molar-refractivity contribution >= 4 is 34.9 Å². The molecular weight excluding hydrogens is 428 g/mol. The molecule has 0 spiro atoms. The minimum atomic E-state index is -0.745. The van der Waals surface area contributed by atoms with Gasteiger partial charge in [-0.2, -0.15) is 0 Å². The Labute approximate surface area is 196 Å². The van der Waals surface area contributed by atoms with E-state index in [9.17, 15) is 9.59 Å². The van der Waals surface area contributed by atoms with Crippen LogP contribution in [0.3, 0.4) is 0 Å². The number of hydrogen-bond acceptors (Lipinski definition) is 4. The molecule has 0 bridgehead atoms. The highest BCUT2D eigenvalue weighted by Crippen LogP contribution is 2.37. The Morgan fingerprint density at radius 2 is 1.47 bits per heavy atom. The summed E-state index contributed by atoms with van der Waals surface area (Å²) in [6.45, 7) is 5.31. The molecule has 32 heavy (non-hydrogen) atoms. The number of halogens is 1. The lowest BCUT2D eigenvalue weighted by molar-refractivity contribution is -0.137.